The topological polar surface area (TPSA) is 12.0 Å². The highest BCUT2D eigenvalue weighted by atomic mass is 14.9. The maximum Gasteiger partial charge on any atom is -0.00149 e. The van der Waals surface area contributed by atoms with Gasteiger partial charge in [-0.25, -0.2) is 0 Å². The van der Waals surface area contributed by atoms with E-state index in [1.54, 1.807) is 0 Å². The van der Waals surface area contributed by atoms with Crippen LogP contribution in [0.2, 0.25) is 0 Å². The fourth-order valence-corrected chi connectivity index (χ4v) is 3.83. The minimum atomic E-state index is 0.775. The highest BCUT2D eigenvalue weighted by molar-refractivity contribution is 5.05. The first-order chi connectivity index (χ1) is 8.03. The van der Waals surface area contributed by atoms with Crippen LogP contribution in [0, 0.1) is 29.1 Å². The van der Waals surface area contributed by atoms with Crippen LogP contribution in [0.4, 0.5) is 0 Å². The molecule has 2 fully saturated rings. The molecule has 0 aromatic carbocycles. The maximum atomic E-state index is 3.66. The highest BCUT2D eigenvalue weighted by Gasteiger charge is 2.54. The van der Waals surface area contributed by atoms with Gasteiger partial charge in [0, 0.05) is 0 Å². The first-order valence-corrected chi connectivity index (χ1v) is 7.74. The quantitative estimate of drug-likeness (QED) is 0.759. The molecule has 0 bridgehead atoms. The summed E-state index contributed by atoms with van der Waals surface area (Å²) in [4.78, 5) is 0. The summed E-state index contributed by atoms with van der Waals surface area (Å²) >= 11 is 0. The van der Waals surface area contributed by atoms with Crippen LogP contribution in [0.15, 0.2) is 0 Å². The number of hydrogen-bond donors (Lipinski definition) is 1. The molecule has 2 saturated carbocycles. The van der Waals surface area contributed by atoms with Crippen LogP contribution in [0.25, 0.3) is 0 Å². The van der Waals surface area contributed by atoms with Crippen molar-refractivity contribution in [2.45, 2.75) is 59.8 Å². The zero-order valence-electron chi connectivity index (χ0n) is 12.3. The third-order valence-electron chi connectivity index (χ3n) is 5.16. The van der Waals surface area contributed by atoms with Crippen molar-refractivity contribution in [2.75, 3.05) is 13.1 Å². The molecule has 17 heavy (non-hydrogen) atoms. The van der Waals surface area contributed by atoms with Gasteiger partial charge in [-0.05, 0) is 61.4 Å². The largest absolute Gasteiger partial charge is 0.316 e. The third-order valence-corrected chi connectivity index (χ3v) is 5.16. The van der Waals surface area contributed by atoms with Crippen LogP contribution in [-0.4, -0.2) is 13.1 Å². The van der Waals surface area contributed by atoms with Gasteiger partial charge in [0.1, 0.15) is 0 Å². The van der Waals surface area contributed by atoms with E-state index in [0.29, 0.717) is 0 Å². The van der Waals surface area contributed by atoms with Crippen LogP contribution in [-0.2, 0) is 0 Å². The lowest BCUT2D eigenvalue weighted by atomic mass is 9.73. The Balaban J connectivity index is 1.75. The van der Waals surface area contributed by atoms with E-state index in [1.165, 1.54) is 45.2 Å². The molecular weight excluding hydrogens is 206 g/mol. The van der Waals surface area contributed by atoms with Crippen LogP contribution in [0.3, 0.4) is 0 Å². The lowest BCUT2D eigenvalue weighted by Crippen LogP contribution is -2.27. The Kier molecular flexibility index (Phi) is 4.18. The summed E-state index contributed by atoms with van der Waals surface area (Å²) in [5.74, 6) is 3.71. The molecule has 2 rings (SSSR count). The van der Waals surface area contributed by atoms with Gasteiger partial charge in [-0.15, -0.1) is 0 Å². The second-order valence-corrected chi connectivity index (χ2v) is 7.42. The van der Waals surface area contributed by atoms with Gasteiger partial charge in [-0.2, -0.15) is 0 Å². The lowest BCUT2D eigenvalue weighted by molar-refractivity contribution is 0.184. The number of rotatable bonds is 5. The summed E-state index contributed by atoms with van der Waals surface area (Å²) in [6.45, 7) is 11.9. The van der Waals surface area contributed by atoms with Crippen molar-refractivity contribution >= 4 is 0 Å². The smallest absolute Gasteiger partial charge is 0.00149 e. The van der Waals surface area contributed by atoms with Gasteiger partial charge in [0.15, 0.2) is 0 Å². The van der Waals surface area contributed by atoms with E-state index in [-0.39, 0.29) is 0 Å². The predicted molar refractivity (Wildman–Crippen MR) is 75.0 cm³/mol. The number of hydrogen-bond acceptors (Lipinski definition) is 1. The summed E-state index contributed by atoms with van der Waals surface area (Å²) in [6.07, 6.45) is 7.54. The van der Waals surface area contributed by atoms with Gasteiger partial charge < -0.3 is 5.32 Å². The monoisotopic (exact) mass is 237 g/mol. The molecule has 0 aliphatic heterocycles. The van der Waals surface area contributed by atoms with E-state index in [2.05, 4.69) is 33.0 Å². The standard InChI is InChI=1S/C16H31N/c1-12(2)10-17-11-15-9-16(15)7-5-6-14(8-16)13(3)4/h12-15,17H,5-11H2,1-4H3. The predicted octanol–water partition coefficient (Wildman–Crippen LogP) is 4.08. The van der Waals surface area contributed by atoms with E-state index in [0.717, 1.165) is 29.1 Å². The van der Waals surface area contributed by atoms with E-state index in [4.69, 9.17) is 0 Å². The highest BCUT2D eigenvalue weighted by Crippen LogP contribution is 2.62. The summed E-state index contributed by atoms with van der Waals surface area (Å²) in [7, 11) is 0. The van der Waals surface area contributed by atoms with Crippen molar-refractivity contribution in [3.05, 3.63) is 0 Å². The molecule has 1 spiro atoms. The Morgan fingerprint density at radius 3 is 2.59 bits per heavy atom. The van der Waals surface area contributed by atoms with Crippen molar-refractivity contribution in [1.82, 2.24) is 5.32 Å². The molecule has 0 amide bonds. The zero-order valence-corrected chi connectivity index (χ0v) is 12.3. The Hall–Kier alpha value is -0.0400. The molecule has 2 aliphatic rings. The molecule has 3 atom stereocenters. The van der Waals surface area contributed by atoms with Crippen molar-refractivity contribution in [3.63, 3.8) is 0 Å². The Morgan fingerprint density at radius 2 is 1.94 bits per heavy atom. The Bertz CT molecular complexity index is 246. The van der Waals surface area contributed by atoms with Gasteiger partial charge in [0.05, 0.1) is 0 Å². The molecule has 0 heterocycles. The van der Waals surface area contributed by atoms with Gasteiger partial charge in [0.25, 0.3) is 0 Å². The molecular formula is C16H31N. The lowest BCUT2D eigenvalue weighted by Gasteiger charge is -2.33. The van der Waals surface area contributed by atoms with E-state index in [1.807, 2.05) is 0 Å². The number of nitrogens with one attached hydrogen (secondary N) is 1. The SMILES string of the molecule is CC(C)CNCC1CC12CCCC(C(C)C)C2. The van der Waals surface area contributed by atoms with Crippen LogP contribution in [0.5, 0.6) is 0 Å². The minimum absolute atomic E-state index is 0.775. The van der Waals surface area contributed by atoms with Gasteiger partial charge >= 0.3 is 0 Å². The third kappa shape index (κ3) is 3.24. The normalized spacial score (nSPS) is 37.1. The van der Waals surface area contributed by atoms with E-state index >= 15 is 0 Å². The molecule has 0 aromatic heterocycles. The van der Waals surface area contributed by atoms with E-state index in [9.17, 15) is 0 Å². The van der Waals surface area contributed by atoms with Crippen molar-refractivity contribution in [2.24, 2.45) is 29.1 Å². The van der Waals surface area contributed by atoms with Gasteiger partial charge in [-0.1, -0.05) is 40.5 Å². The molecule has 0 radical (unpaired) electrons. The average molecular weight is 237 g/mol. The van der Waals surface area contributed by atoms with E-state index < -0.39 is 0 Å². The second kappa shape index (κ2) is 5.30. The fourth-order valence-electron chi connectivity index (χ4n) is 3.83. The maximum absolute atomic E-state index is 3.66. The molecule has 3 unspecified atom stereocenters. The van der Waals surface area contributed by atoms with Crippen molar-refractivity contribution < 1.29 is 0 Å². The zero-order chi connectivity index (χ0) is 12.5. The molecule has 0 aromatic rings. The fraction of sp³-hybridized carbons (Fsp3) is 1.00. The molecule has 1 heteroatoms. The molecule has 2 aliphatic carbocycles. The Labute approximate surface area is 108 Å². The second-order valence-electron chi connectivity index (χ2n) is 7.42. The minimum Gasteiger partial charge on any atom is -0.316 e. The summed E-state index contributed by atoms with van der Waals surface area (Å²) in [6, 6.07) is 0. The molecule has 0 saturated heterocycles. The first kappa shape index (κ1) is 13.4. The summed E-state index contributed by atoms with van der Waals surface area (Å²) in [5.41, 5.74) is 0.775. The van der Waals surface area contributed by atoms with Crippen molar-refractivity contribution in [3.8, 4) is 0 Å². The molecule has 1 nitrogen and oxygen atoms in total. The van der Waals surface area contributed by atoms with Crippen molar-refractivity contribution in [1.29, 1.82) is 0 Å². The van der Waals surface area contributed by atoms with Crippen LogP contribution >= 0.6 is 0 Å². The summed E-state index contributed by atoms with van der Waals surface area (Å²) in [5, 5.41) is 3.66. The van der Waals surface area contributed by atoms with Gasteiger partial charge in [-0.3, -0.25) is 0 Å². The first-order valence-electron chi connectivity index (χ1n) is 7.74. The van der Waals surface area contributed by atoms with Crippen LogP contribution in [0.1, 0.15) is 59.8 Å². The van der Waals surface area contributed by atoms with Gasteiger partial charge in [0.2, 0.25) is 0 Å². The molecule has 100 valence electrons. The molecule has 1 N–H and O–H groups in total. The van der Waals surface area contributed by atoms with Crippen LogP contribution < -0.4 is 5.32 Å². The average Bonchev–Trinajstić information content (AvgIpc) is 2.90. The Morgan fingerprint density at radius 1 is 1.18 bits per heavy atom. The summed E-state index contributed by atoms with van der Waals surface area (Å²) < 4.78 is 0.